The van der Waals surface area contributed by atoms with Crippen molar-refractivity contribution in [3.05, 3.63) is 51.8 Å². The zero-order chi connectivity index (χ0) is 20.1. The summed E-state index contributed by atoms with van der Waals surface area (Å²) < 4.78 is 6.68. The Morgan fingerprint density at radius 3 is 2.41 bits per heavy atom. The predicted molar refractivity (Wildman–Crippen MR) is 105 cm³/mol. The lowest BCUT2D eigenvalue weighted by Crippen LogP contribution is -2.38. The molecule has 27 heavy (non-hydrogen) atoms. The van der Waals surface area contributed by atoms with Crippen molar-refractivity contribution >= 4 is 23.5 Å². The van der Waals surface area contributed by atoms with Gasteiger partial charge in [-0.2, -0.15) is 5.10 Å². The molecule has 1 amide bonds. The summed E-state index contributed by atoms with van der Waals surface area (Å²) in [6.07, 6.45) is 0. The Hall–Kier alpha value is -2.34. The van der Waals surface area contributed by atoms with Gasteiger partial charge in [0.25, 0.3) is 5.91 Å². The molecule has 1 atom stereocenters. The van der Waals surface area contributed by atoms with Gasteiger partial charge in [-0.1, -0.05) is 55.3 Å². The van der Waals surface area contributed by atoms with Crippen LogP contribution in [0, 0.1) is 19.8 Å². The summed E-state index contributed by atoms with van der Waals surface area (Å²) >= 11 is 6.35. The fourth-order valence-electron chi connectivity index (χ4n) is 2.42. The molecule has 0 bridgehead atoms. The van der Waals surface area contributed by atoms with Crippen molar-refractivity contribution in [3.8, 4) is 0 Å². The minimum Gasteiger partial charge on any atom is -0.452 e. The quantitative estimate of drug-likeness (QED) is 0.733. The molecular weight excluding hydrogens is 366 g/mol. The second-order valence-corrected chi connectivity index (χ2v) is 7.43. The number of aryl methyl sites for hydroxylation is 2. The van der Waals surface area contributed by atoms with Crippen molar-refractivity contribution < 1.29 is 14.3 Å². The lowest BCUT2D eigenvalue weighted by molar-refractivity contribution is -0.125. The maximum absolute atomic E-state index is 12.4. The summed E-state index contributed by atoms with van der Waals surface area (Å²) in [5.41, 5.74) is 2.84. The van der Waals surface area contributed by atoms with Crippen LogP contribution in [-0.2, 0) is 16.1 Å². The third-order valence-corrected chi connectivity index (χ3v) is 4.83. The molecule has 1 aromatic heterocycles. The lowest BCUT2D eigenvalue weighted by Gasteiger charge is -2.17. The van der Waals surface area contributed by atoms with Crippen LogP contribution >= 0.6 is 11.6 Å². The third kappa shape index (κ3) is 5.57. The first kappa shape index (κ1) is 21.0. The largest absolute Gasteiger partial charge is 0.452 e. The van der Waals surface area contributed by atoms with E-state index in [1.54, 1.807) is 11.6 Å². The van der Waals surface area contributed by atoms with Crippen LogP contribution in [-0.4, -0.2) is 34.3 Å². The number of nitrogens with zero attached hydrogens (tertiary/aromatic N) is 2. The third-order valence-electron chi connectivity index (χ3n) is 4.45. The van der Waals surface area contributed by atoms with Crippen molar-refractivity contribution in [1.82, 2.24) is 15.1 Å². The zero-order valence-corrected chi connectivity index (χ0v) is 17.1. The van der Waals surface area contributed by atoms with Crippen LogP contribution < -0.4 is 5.32 Å². The van der Waals surface area contributed by atoms with Crippen LogP contribution in [0.4, 0.5) is 0 Å². The fraction of sp³-hybridized carbons (Fsp3) is 0.450. The van der Waals surface area contributed by atoms with E-state index in [0.29, 0.717) is 18.2 Å². The summed E-state index contributed by atoms with van der Waals surface area (Å²) in [6.45, 7) is 9.70. The number of amides is 1. The Bertz CT molecular complexity index is 813. The van der Waals surface area contributed by atoms with Crippen LogP contribution in [0.3, 0.4) is 0 Å². The highest BCUT2D eigenvalue weighted by molar-refractivity contribution is 6.32. The van der Waals surface area contributed by atoms with Gasteiger partial charge < -0.3 is 10.1 Å². The van der Waals surface area contributed by atoms with Gasteiger partial charge in [0.05, 0.1) is 12.2 Å². The minimum absolute atomic E-state index is 0.00112. The van der Waals surface area contributed by atoms with Crippen LogP contribution in [0.5, 0.6) is 0 Å². The monoisotopic (exact) mass is 391 g/mol. The first-order chi connectivity index (χ1) is 12.7. The molecule has 6 nitrogen and oxygen atoms in total. The van der Waals surface area contributed by atoms with Gasteiger partial charge in [-0.25, -0.2) is 9.48 Å². The molecular formula is C20H26ClN3O3. The van der Waals surface area contributed by atoms with Crippen LogP contribution in [0.1, 0.15) is 48.0 Å². The first-order valence-electron chi connectivity index (χ1n) is 8.94. The number of esters is 1. The van der Waals surface area contributed by atoms with Crippen molar-refractivity contribution in [3.63, 3.8) is 0 Å². The normalized spacial score (nSPS) is 12.1. The minimum atomic E-state index is -0.653. The highest BCUT2D eigenvalue weighted by atomic mass is 35.5. The molecule has 1 N–H and O–H groups in total. The zero-order valence-electron chi connectivity index (χ0n) is 16.4. The van der Waals surface area contributed by atoms with Gasteiger partial charge in [-0.15, -0.1) is 0 Å². The van der Waals surface area contributed by atoms with Crippen molar-refractivity contribution in [2.45, 2.75) is 47.2 Å². The number of benzene rings is 1. The molecule has 1 aromatic carbocycles. The predicted octanol–water partition coefficient (Wildman–Crippen LogP) is 3.52. The summed E-state index contributed by atoms with van der Waals surface area (Å²) in [5, 5.41) is 7.32. The summed E-state index contributed by atoms with van der Waals surface area (Å²) in [6, 6.07) is 7.98. The van der Waals surface area contributed by atoms with Gasteiger partial charge in [0.2, 0.25) is 0 Å². The number of rotatable bonds is 7. The Labute approximate surface area is 164 Å². The first-order valence-corrected chi connectivity index (χ1v) is 9.31. The number of carbonyl (C=O) groups is 2. The molecule has 0 aliphatic rings. The highest BCUT2D eigenvalue weighted by Crippen LogP contribution is 2.22. The molecule has 0 saturated heterocycles. The molecule has 146 valence electrons. The number of carbonyl (C=O) groups excluding carboxylic acids is 2. The van der Waals surface area contributed by atoms with E-state index < -0.39 is 5.97 Å². The van der Waals surface area contributed by atoms with Crippen molar-refractivity contribution in [1.29, 1.82) is 0 Å². The summed E-state index contributed by atoms with van der Waals surface area (Å²) in [5.74, 6) is -0.702. The summed E-state index contributed by atoms with van der Waals surface area (Å²) in [4.78, 5) is 24.3. The molecule has 0 radical (unpaired) electrons. The van der Waals surface area contributed by atoms with Gasteiger partial charge in [0.1, 0.15) is 10.7 Å². The van der Waals surface area contributed by atoms with E-state index in [4.69, 9.17) is 16.3 Å². The van der Waals surface area contributed by atoms with E-state index in [1.165, 1.54) is 0 Å². The van der Waals surface area contributed by atoms with Gasteiger partial charge in [-0.05, 0) is 32.3 Å². The van der Waals surface area contributed by atoms with Gasteiger partial charge >= 0.3 is 5.97 Å². The molecule has 1 heterocycles. The van der Waals surface area contributed by atoms with Crippen LogP contribution in [0.15, 0.2) is 24.3 Å². The molecule has 0 aliphatic heterocycles. The number of hydrogen-bond donors (Lipinski definition) is 1. The maximum atomic E-state index is 12.4. The maximum Gasteiger partial charge on any atom is 0.343 e. The Morgan fingerprint density at radius 2 is 1.81 bits per heavy atom. The second-order valence-electron chi connectivity index (χ2n) is 7.07. The van der Waals surface area contributed by atoms with E-state index in [0.717, 1.165) is 11.1 Å². The van der Waals surface area contributed by atoms with Crippen LogP contribution in [0.25, 0.3) is 0 Å². The highest BCUT2D eigenvalue weighted by Gasteiger charge is 2.23. The SMILES string of the molecule is Cc1ccc(Cn2nc(C)c(C(=O)OCC(=O)N[C@H](C)C(C)C)c2Cl)cc1. The van der Waals surface area contributed by atoms with Crippen molar-refractivity contribution in [2.24, 2.45) is 5.92 Å². The summed E-state index contributed by atoms with van der Waals surface area (Å²) in [7, 11) is 0. The van der Waals surface area contributed by atoms with Crippen LogP contribution in [0.2, 0.25) is 5.15 Å². The molecule has 0 unspecified atom stereocenters. The molecule has 2 aromatic rings. The Balaban J connectivity index is 2.03. The molecule has 0 saturated carbocycles. The number of nitrogens with one attached hydrogen (secondary N) is 1. The van der Waals surface area contributed by atoms with E-state index in [1.807, 2.05) is 52.0 Å². The number of ether oxygens (including phenoxy) is 1. The average molecular weight is 392 g/mol. The molecule has 0 fully saturated rings. The number of halogens is 1. The number of hydrogen-bond acceptors (Lipinski definition) is 4. The van der Waals surface area contributed by atoms with Gasteiger partial charge in [0.15, 0.2) is 6.61 Å². The smallest absolute Gasteiger partial charge is 0.343 e. The molecule has 0 aliphatic carbocycles. The Kier molecular flexibility index (Phi) is 7.02. The topological polar surface area (TPSA) is 73.2 Å². The molecule has 2 rings (SSSR count). The Morgan fingerprint density at radius 1 is 1.19 bits per heavy atom. The van der Waals surface area contributed by atoms with Crippen molar-refractivity contribution in [2.75, 3.05) is 6.61 Å². The standard InChI is InChI=1S/C20H26ClN3O3/c1-12(2)14(4)22-17(25)11-27-20(26)18-15(5)23-24(19(18)21)10-16-8-6-13(3)7-9-16/h6-9,12,14H,10-11H2,1-5H3,(H,22,25)/t14-/m1/s1. The van der Waals surface area contributed by atoms with E-state index in [9.17, 15) is 9.59 Å². The van der Waals surface area contributed by atoms with E-state index >= 15 is 0 Å². The van der Waals surface area contributed by atoms with E-state index in [-0.39, 0.29) is 29.3 Å². The average Bonchev–Trinajstić information content (AvgIpc) is 2.88. The molecule has 7 heteroatoms. The van der Waals surface area contributed by atoms with Gasteiger partial charge in [0, 0.05) is 6.04 Å². The fourth-order valence-corrected chi connectivity index (χ4v) is 2.73. The number of aromatic nitrogens is 2. The second kappa shape index (κ2) is 9.04. The lowest BCUT2D eigenvalue weighted by atomic mass is 10.1. The molecule has 0 spiro atoms. The van der Waals surface area contributed by atoms with E-state index in [2.05, 4.69) is 10.4 Å². The van der Waals surface area contributed by atoms with Gasteiger partial charge in [-0.3, -0.25) is 4.79 Å².